The van der Waals surface area contributed by atoms with E-state index in [-0.39, 0.29) is 5.69 Å². The van der Waals surface area contributed by atoms with Gasteiger partial charge in [0.15, 0.2) is 0 Å². The van der Waals surface area contributed by atoms with Crippen LogP contribution in [0.15, 0.2) is 0 Å². The molecule has 2 heterocycles. The molecular formula is C12H14N4OS. The lowest BCUT2D eigenvalue weighted by atomic mass is 9.95. The number of aliphatic hydroxyl groups is 1. The molecule has 1 saturated heterocycles. The lowest BCUT2D eigenvalue weighted by molar-refractivity contribution is 0.0451. The number of nitrogens with two attached hydrogens (primary N) is 1. The van der Waals surface area contributed by atoms with Gasteiger partial charge in [-0.05, 0) is 19.8 Å². The Morgan fingerprint density at radius 2 is 2.17 bits per heavy atom. The van der Waals surface area contributed by atoms with Crippen molar-refractivity contribution in [1.82, 2.24) is 0 Å². The van der Waals surface area contributed by atoms with Crippen LogP contribution in [0, 0.1) is 22.7 Å². The largest absolute Gasteiger partial charge is 0.396 e. The van der Waals surface area contributed by atoms with E-state index in [2.05, 4.69) is 6.07 Å². The highest BCUT2D eigenvalue weighted by molar-refractivity contribution is 7.17. The number of piperidine rings is 1. The first-order valence-corrected chi connectivity index (χ1v) is 6.50. The normalized spacial score (nSPS) is 23.4. The number of thiophene rings is 1. The lowest BCUT2D eigenvalue weighted by Crippen LogP contribution is -2.46. The van der Waals surface area contributed by atoms with E-state index in [1.807, 2.05) is 11.0 Å². The van der Waals surface area contributed by atoms with Crippen LogP contribution in [0.1, 0.15) is 30.2 Å². The van der Waals surface area contributed by atoms with E-state index in [0.717, 1.165) is 19.4 Å². The van der Waals surface area contributed by atoms with Crippen molar-refractivity contribution in [3.63, 3.8) is 0 Å². The van der Waals surface area contributed by atoms with Crippen LogP contribution in [0.25, 0.3) is 0 Å². The van der Waals surface area contributed by atoms with E-state index >= 15 is 0 Å². The van der Waals surface area contributed by atoms with E-state index in [4.69, 9.17) is 16.3 Å². The fraction of sp³-hybridized carbons (Fsp3) is 0.500. The Morgan fingerprint density at radius 1 is 1.44 bits per heavy atom. The molecule has 0 bridgehead atoms. The molecule has 0 radical (unpaired) electrons. The molecule has 94 valence electrons. The number of nitriles is 2. The van der Waals surface area contributed by atoms with Crippen molar-refractivity contribution in [1.29, 1.82) is 10.5 Å². The molecule has 1 aliphatic rings. The van der Waals surface area contributed by atoms with Crippen LogP contribution < -0.4 is 10.6 Å². The molecule has 1 aromatic heterocycles. The first-order chi connectivity index (χ1) is 8.48. The smallest absolute Gasteiger partial charge is 0.131 e. The molecule has 3 N–H and O–H groups in total. The summed E-state index contributed by atoms with van der Waals surface area (Å²) in [5.41, 5.74) is 5.63. The number of nitrogen functional groups attached to an aromatic ring is 1. The van der Waals surface area contributed by atoms with Gasteiger partial charge in [-0.25, -0.2) is 0 Å². The minimum Gasteiger partial charge on any atom is -0.396 e. The summed E-state index contributed by atoms with van der Waals surface area (Å²) in [6.07, 6.45) is 1.61. The van der Waals surface area contributed by atoms with Crippen LogP contribution in [0.2, 0.25) is 0 Å². The third-order valence-corrected chi connectivity index (χ3v) is 4.27. The number of hydrogen-bond donors (Lipinski definition) is 2. The van der Waals surface area contributed by atoms with E-state index < -0.39 is 5.60 Å². The summed E-state index contributed by atoms with van der Waals surface area (Å²) in [6.45, 7) is 3.02. The molecular weight excluding hydrogens is 248 g/mol. The second-order valence-corrected chi connectivity index (χ2v) is 5.77. The summed E-state index contributed by atoms with van der Waals surface area (Å²) >= 11 is 1.22. The average molecular weight is 262 g/mol. The highest BCUT2D eigenvalue weighted by Crippen LogP contribution is 2.39. The number of hydrogen-bond acceptors (Lipinski definition) is 6. The van der Waals surface area contributed by atoms with Crippen LogP contribution in [0.5, 0.6) is 0 Å². The molecule has 1 aromatic rings. The van der Waals surface area contributed by atoms with Gasteiger partial charge in [0, 0.05) is 13.1 Å². The van der Waals surface area contributed by atoms with Crippen molar-refractivity contribution in [3.8, 4) is 12.1 Å². The maximum atomic E-state index is 10.1. The molecule has 18 heavy (non-hydrogen) atoms. The Bertz CT molecular complexity index is 550. The predicted octanol–water partition coefficient (Wildman–Crippen LogP) is 1.42. The summed E-state index contributed by atoms with van der Waals surface area (Å²) in [7, 11) is 0. The van der Waals surface area contributed by atoms with E-state index in [1.165, 1.54) is 11.3 Å². The summed E-state index contributed by atoms with van der Waals surface area (Å²) in [5, 5.41) is 28.9. The summed E-state index contributed by atoms with van der Waals surface area (Å²) in [5.74, 6) is 0. The van der Waals surface area contributed by atoms with Crippen molar-refractivity contribution < 1.29 is 5.11 Å². The second-order valence-electron chi connectivity index (χ2n) is 4.77. The highest BCUT2D eigenvalue weighted by atomic mass is 32.1. The number of β-amino-alcohol motifs (C(OH)–C–C–N with tert-alkyl or cyclic N) is 1. The van der Waals surface area contributed by atoms with Gasteiger partial charge in [-0.15, -0.1) is 11.3 Å². The zero-order valence-corrected chi connectivity index (χ0v) is 10.9. The average Bonchev–Trinajstić information content (AvgIpc) is 2.64. The topological polar surface area (TPSA) is 97.1 Å². The number of rotatable bonds is 1. The Balaban J connectivity index is 2.40. The minimum atomic E-state index is -0.753. The number of nitrogens with zero attached hydrogens (tertiary/aromatic N) is 3. The van der Waals surface area contributed by atoms with Gasteiger partial charge in [-0.2, -0.15) is 10.5 Å². The van der Waals surface area contributed by atoms with Gasteiger partial charge in [0.25, 0.3) is 0 Å². The van der Waals surface area contributed by atoms with Crippen molar-refractivity contribution in [2.24, 2.45) is 0 Å². The van der Waals surface area contributed by atoms with Gasteiger partial charge < -0.3 is 15.7 Å². The molecule has 0 saturated carbocycles. The molecule has 2 rings (SSSR count). The molecule has 1 aliphatic heterocycles. The minimum absolute atomic E-state index is 0.255. The summed E-state index contributed by atoms with van der Waals surface area (Å²) in [4.78, 5) is 2.32. The standard InChI is InChI=1S/C12H14N4OS/c1-12(17)3-2-4-16(7-12)11-8(5-13)10(15)9(6-14)18-11/h17H,2-4,7,15H2,1H3. The first-order valence-electron chi connectivity index (χ1n) is 5.68. The summed E-state index contributed by atoms with van der Waals surface area (Å²) < 4.78 is 0. The molecule has 0 aromatic carbocycles. The molecule has 0 aliphatic carbocycles. The Hall–Kier alpha value is -1.76. The molecule has 0 spiro atoms. The second kappa shape index (κ2) is 4.49. The zero-order chi connectivity index (χ0) is 13.3. The zero-order valence-electron chi connectivity index (χ0n) is 10.1. The third kappa shape index (κ3) is 2.13. The Morgan fingerprint density at radius 3 is 2.72 bits per heavy atom. The monoisotopic (exact) mass is 262 g/mol. The van der Waals surface area contributed by atoms with Crippen molar-refractivity contribution >= 4 is 22.0 Å². The SMILES string of the molecule is CC1(O)CCCN(c2sc(C#N)c(N)c2C#N)C1. The van der Waals surface area contributed by atoms with Gasteiger partial charge in [-0.3, -0.25) is 0 Å². The van der Waals surface area contributed by atoms with Gasteiger partial charge in [0.2, 0.25) is 0 Å². The summed E-state index contributed by atoms with van der Waals surface area (Å²) in [6, 6.07) is 4.06. The van der Waals surface area contributed by atoms with E-state index in [0.29, 0.717) is 22.0 Å². The Labute approximate surface area is 110 Å². The molecule has 6 heteroatoms. The van der Waals surface area contributed by atoms with Crippen LogP contribution in [-0.2, 0) is 0 Å². The van der Waals surface area contributed by atoms with Crippen molar-refractivity contribution in [3.05, 3.63) is 10.4 Å². The maximum absolute atomic E-state index is 10.1. The van der Waals surface area contributed by atoms with Gasteiger partial charge in [0.1, 0.15) is 27.6 Å². The van der Waals surface area contributed by atoms with E-state index in [1.54, 1.807) is 6.92 Å². The van der Waals surface area contributed by atoms with E-state index in [9.17, 15) is 5.11 Å². The maximum Gasteiger partial charge on any atom is 0.131 e. The van der Waals surface area contributed by atoms with Crippen molar-refractivity contribution in [2.75, 3.05) is 23.7 Å². The van der Waals surface area contributed by atoms with Crippen molar-refractivity contribution in [2.45, 2.75) is 25.4 Å². The Kier molecular flexibility index (Phi) is 3.16. The van der Waals surface area contributed by atoms with Gasteiger partial charge >= 0.3 is 0 Å². The first kappa shape index (κ1) is 12.7. The lowest BCUT2D eigenvalue weighted by Gasteiger charge is -2.37. The number of anilines is 2. The fourth-order valence-electron chi connectivity index (χ4n) is 2.24. The van der Waals surface area contributed by atoms with Crippen LogP contribution in [-0.4, -0.2) is 23.8 Å². The molecule has 5 nitrogen and oxygen atoms in total. The molecule has 1 fully saturated rings. The predicted molar refractivity (Wildman–Crippen MR) is 70.2 cm³/mol. The molecule has 0 amide bonds. The highest BCUT2D eigenvalue weighted by Gasteiger charge is 2.31. The third-order valence-electron chi connectivity index (χ3n) is 3.10. The van der Waals surface area contributed by atoms with Crippen LogP contribution >= 0.6 is 11.3 Å². The van der Waals surface area contributed by atoms with Crippen LogP contribution in [0.3, 0.4) is 0 Å². The fourth-order valence-corrected chi connectivity index (χ4v) is 3.23. The van der Waals surface area contributed by atoms with Gasteiger partial charge in [0.05, 0.1) is 11.3 Å². The molecule has 1 atom stereocenters. The quantitative estimate of drug-likeness (QED) is 0.797. The van der Waals surface area contributed by atoms with Crippen LogP contribution in [0.4, 0.5) is 10.7 Å². The molecule has 1 unspecified atom stereocenters. The van der Waals surface area contributed by atoms with Gasteiger partial charge in [-0.1, -0.05) is 0 Å².